The number of rotatable bonds is 8. The van der Waals surface area contributed by atoms with E-state index in [1.165, 1.54) is 7.11 Å². The molecule has 0 aliphatic heterocycles. The molecule has 0 bridgehead atoms. The van der Waals surface area contributed by atoms with Crippen molar-refractivity contribution in [2.75, 3.05) is 20.3 Å². The Morgan fingerprint density at radius 2 is 2.26 bits per heavy atom. The van der Waals surface area contributed by atoms with E-state index in [9.17, 15) is 4.79 Å². The molecule has 0 saturated carbocycles. The number of esters is 1. The lowest BCUT2D eigenvalue weighted by atomic mass is 10.0. The number of methoxy groups -OCH3 is 1. The first-order valence-electron chi connectivity index (χ1n) is 6.64. The van der Waals surface area contributed by atoms with Gasteiger partial charge in [-0.15, -0.1) is 0 Å². The molecule has 2 unspecified atom stereocenters. The molecule has 1 aromatic heterocycles. The van der Waals surface area contributed by atoms with Gasteiger partial charge in [0.2, 0.25) is 5.76 Å². The standard InChI is InChI=1S/C14H23NO4/c1-4-11(7-8-16)9-15-10(2)12-5-6-13(19-12)14(17)18-3/h5-6,10-11,15-16H,4,7-9H2,1-3H3. The normalized spacial score (nSPS) is 14.1. The molecule has 5 nitrogen and oxygen atoms in total. The van der Waals surface area contributed by atoms with E-state index in [1.807, 2.05) is 6.92 Å². The maximum absolute atomic E-state index is 11.3. The summed E-state index contributed by atoms with van der Waals surface area (Å²) in [5.74, 6) is 0.903. The van der Waals surface area contributed by atoms with E-state index in [4.69, 9.17) is 9.52 Å². The molecular formula is C14H23NO4. The monoisotopic (exact) mass is 269 g/mol. The van der Waals surface area contributed by atoms with Gasteiger partial charge in [-0.2, -0.15) is 0 Å². The van der Waals surface area contributed by atoms with Crippen LogP contribution < -0.4 is 5.32 Å². The number of carbonyl (C=O) groups is 1. The molecule has 0 spiro atoms. The van der Waals surface area contributed by atoms with Crippen LogP contribution in [0.5, 0.6) is 0 Å². The molecule has 1 rings (SSSR count). The number of hydrogen-bond donors (Lipinski definition) is 2. The summed E-state index contributed by atoms with van der Waals surface area (Å²) in [6, 6.07) is 3.41. The zero-order valence-corrected chi connectivity index (χ0v) is 11.8. The van der Waals surface area contributed by atoms with Crippen molar-refractivity contribution in [3.05, 3.63) is 23.7 Å². The smallest absolute Gasteiger partial charge is 0.373 e. The Kier molecular flexibility index (Phi) is 6.59. The fraction of sp³-hybridized carbons (Fsp3) is 0.643. The van der Waals surface area contributed by atoms with Crippen molar-refractivity contribution in [2.24, 2.45) is 5.92 Å². The third-order valence-electron chi connectivity index (χ3n) is 3.27. The average Bonchev–Trinajstić information content (AvgIpc) is 2.92. The van der Waals surface area contributed by atoms with E-state index in [1.54, 1.807) is 12.1 Å². The van der Waals surface area contributed by atoms with Gasteiger partial charge in [-0.05, 0) is 37.9 Å². The molecular weight excluding hydrogens is 246 g/mol. The van der Waals surface area contributed by atoms with Gasteiger partial charge in [-0.25, -0.2) is 4.79 Å². The number of carbonyl (C=O) groups excluding carboxylic acids is 1. The van der Waals surface area contributed by atoms with Crippen molar-refractivity contribution in [2.45, 2.75) is 32.7 Å². The van der Waals surface area contributed by atoms with Gasteiger partial charge < -0.3 is 19.6 Å². The lowest BCUT2D eigenvalue weighted by molar-refractivity contribution is 0.0562. The molecule has 0 aliphatic rings. The van der Waals surface area contributed by atoms with Crippen molar-refractivity contribution in [3.63, 3.8) is 0 Å². The van der Waals surface area contributed by atoms with Crippen LogP contribution in [0.15, 0.2) is 16.5 Å². The topological polar surface area (TPSA) is 71.7 Å². The van der Waals surface area contributed by atoms with Gasteiger partial charge in [0.25, 0.3) is 0 Å². The first-order chi connectivity index (χ1) is 9.12. The summed E-state index contributed by atoms with van der Waals surface area (Å²) in [6.07, 6.45) is 1.81. The number of ether oxygens (including phenoxy) is 1. The number of aliphatic hydroxyl groups excluding tert-OH is 1. The molecule has 108 valence electrons. The second-order valence-corrected chi connectivity index (χ2v) is 4.61. The maximum atomic E-state index is 11.3. The van der Waals surface area contributed by atoms with Crippen LogP contribution in [0, 0.1) is 5.92 Å². The predicted molar refractivity (Wildman–Crippen MR) is 71.9 cm³/mol. The second-order valence-electron chi connectivity index (χ2n) is 4.61. The second kappa shape index (κ2) is 7.96. The average molecular weight is 269 g/mol. The number of furan rings is 1. The molecule has 0 radical (unpaired) electrons. The minimum absolute atomic E-state index is 0.0196. The molecule has 1 heterocycles. The van der Waals surface area contributed by atoms with Crippen molar-refractivity contribution in [1.29, 1.82) is 0 Å². The minimum Gasteiger partial charge on any atom is -0.463 e. The van der Waals surface area contributed by atoms with E-state index >= 15 is 0 Å². The maximum Gasteiger partial charge on any atom is 0.373 e. The molecule has 0 aromatic carbocycles. The molecule has 0 saturated heterocycles. The summed E-state index contributed by atoms with van der Waals surface area (Å²) in [6.45, 7) is 5.11. The van der Waals surface area contributed by atoms with Crippen LogP contribution in [0.4, 0.5) is 0 Å². The minimum atomic E-state index is -0.467. The van der Waals surface area contributed by atoms with Crippen molar-refractivity contribution in [3.8, 4) is 0 Å². The van der Waals surface area contributed by atoms with E-state index < -0.39 is 5.97 Å². The summed E-state index contributed by atoms with van der Waals surface area (Å²) < 4.78 is 10.0. The number of hydrogen-bond acceptors (Lipinski definition) is 5. The Labute approximate surface area is 113 Å². The zero-order chi connectivity index (χ0) is 14.3. The lowest BCUT2D eigenvalue weighted by Crippen LogP contribution is -2.25. The van der Waals surface area contributed by atoms with Crippen LogP contribution in [0.2, 0.25) is 0 Å². The van der Waals surface area contributed by atoms with Gasteiger partial charge >= 0.3 is 5.97 Å². The first-order valence-corrected chi connectivity index (χ1v) is 6.64. The quantitative estimate of drug-likeness (QED) is 0.707. The molecule has 0 fully saturated rings. The van der Waals surface area contributed by atoms with E-state index in [2.05, 4.69) is 17.0 Å². The molecule has 19 heavy (non-hydrogen) atoms. The predicted octanol–water partition coefficient (Wildman–Crippen LogP) is 2.13. The van der Waals surface area contributed by atoms with Gasteiger partial charge in [0.1, 0.15) is 5.76 Å². The zero-order valence-electron chi connectivity index (χ0n) is 11.8. The van der Waals surface area contributed by atoms with Gasteiger partial charge in [0, 0.05) is 6.61 Å². The Bertz CT molecular complexity index is 389. The van der Waals surface area contributed by atoms with Crippen molar-refractivity contribution < 1.29 is 19.1 Å². The summed E-state index contributed by atoms with van der Waals surface area (Å²) in [4.78, 5) is 11.3. The van der Waals surface area contributed by atoms with Crippen LogP contribution in [0.25, 0.3) is 0 Å². The highest BCUT2D eigenvalue weighted by Crippen LogP contribution is 2.18. The Hall–Kier alpha value is -1.33. The summed E-state index contributed by atoms with van der Waals surface area (Å²) in [5, 5.41) is 12.3. The summed E-state index contributed by atoms with van der Waals surface area (Å²) >= 11 is 0. The van der Waals surface area contributed by atoms with E-state index in [0.717, 1.165) is 19.4 Å². The molecule has 0 amide bonds. The fourth-order valence-electron chi connectivity index (χ4n) is 1.87. The molecule has 0 aliphatic carbocycles. The summed E-state index contributed by atoms with van der Waals surface area (Å²) in [7, 11) is 1.33. The highest BCUT2D eigenvalue weighted by atomic mass is 16.5. The molecule has 1 aromatic rings. The first kappa shape index (κ1) is 15.7. The van der Waals surface area contributed by atoms with E-state index in [0.29, 0.717) is 11.7 Å². The van der Waals surface area contributed by atoms with Gasteiger partial charge in [-0.3, -0.25) is 0 Å². The van der Waals surface area contributed by atoms with Crippen LogP contribution in [0.3, 0.4) is 0 Å². The van der Waals surface area contributed by atoms with Crippen LogP contribution in [-0.4, -0.2) is 31.3 Å². The third kappa shape index (κ3) is 4.69. The molecule has 2 N–H and O–H groups in total. The Balaban J connectivity index is 2.51. The molecule has 5 heteroatoms. The Morgan fingerprint density at radius 3 is 2.84 bits per heavy atom. The lowest BCUT2D eigenvalue weighted by Gasteiger charge is -2.17. The van der Waals surface area contributed by atoms with Crippen LogP contribution >= 0.6 is 0 Å². The van der Waals surface area contributed by atoms with Crippen LogP contribution in [0.1, 0.15) is 49.0 Å². The number of aliphatic hydroxyl groups is 1. The Morgan fingerprint density at radius 1 is 1.53 bits per heavy atom. The van der Waals surface area contributed by atoms with Crippen molar-refractivity contribution in [1.82, 2.24) is 5.32 Å². The highest BCUT2D eigenvalue weighted by molar-refractivity contribution is 5.86. The van der Waals surface area contributed by atoms with Crippen LogP contribution in [-0.2, 0) is 4.74 Å². The van der Waals surface area contributed by atoms with Gasteiger partial charge in [0.15, 0.2) is 0 Å². The largest absolute Gasteiger partial charge is 0.463 e. The van der Waals surface area contributed by atoms with E-state index in [-0.39, 0.29) is 18.4 Å². The number of nitrogens with one attached hydrogen (secondary N) is 1. The third-order valence-corrected chi connectivity index (χ3v) is 3.27. The van der Waals surface area contributed by atoms with Gasteiger partial charge in [-0.1, -0.05) is 13.3 Å². The van der Waals surface area contributed by atoms with Gasteiger partial charge in [0.05, 0.1) is 13.2 Å². The molecule has 2 atom stereocenters. The fourth-order valence-corrected chi connectivity index (χ4v) is 1.87. The van der Waals surface area contributed by atoms with Crippen molar-refractivity contribution >= 4 is 5.97 Å². The SMILES string of the molecule is CCC(CCO)CNC(C)c1ccc(C(=O)OC)o1. The highest BCUT2D eigenvalue weighted by Gasteiger charge is 2.16. The summed E-state index contributed by atoms with van der Waals surface area (Å²) in [5.41, 5.74) is 0.